The van der Waals surface area contributed by atoms with Gasteiger partial charge in [0.1, 0.15) is 5.84 Å². The summed E-state index contributed by atoms with van der Waals surface area (Å²) in [5.74, 6) is 0.164. The average molecular weight is 293 g/mol. The summed E-state index contributed by atoms with van der Waals surface area (Å²) in [4.78, 5) is 4.19. The van der Waals surface area contributed by atoms with Crippen molar-refractivity contribution < 1.29 is 13.2 Å². The van der Waals surface area contributed by atoms with Crippen LogP contribution in [0.15, 0.2) is 53.5 Å². The first-order valence-corrected chi connectivity index (χ1v) is 6.20. The van der Waals surface area contributed by atoms with E-state index in [1.807, 2.05) is 18.2 Å². The van der Waals surface area contributed by atoms with Gasteiger partial charge < -0.3 is 11.5 Å². The molecule has 0 aromatic heterocycles. The highest BCUT2D eigenvalue weighted by atomic mass is 19.4. The molecule has 3 nitrogen and oxygen atoms in total. The van der Waals surface area contributed by atoms with Gasteiger partial charge in [-0.25, -0.2) is 4.99 Å². The Kier molecular flexibility index (Phi) is 4.16. The Morgan fingerprint density at radius 1 is 1.05 bits per heavy atom. The lowest BCUT2D eigenvalue weighted by Crippen LogP contribution is -2.16. The normalized spacial score (nSPS) is 12.4. The molecule has 0 amide bonds. The Hall–Kier alpha value is -2.50. The summed E-state index contributed by atoms with van der Waals surface area (Å²) in [5, 5.41) is 0. The van der Waals surface area contributed by atoms with Crippen molar-refractivity contribution in [2.75, 3.05) is 5.73 Å². The highest BCUT2D eigenvalue weighted by Crippen LogP contribution is 2.24. The predicted octanol–water partition coefficient (Wildman–Crippen LogP) is 3.41. The molecule has 0 unspecified atom stereocenters. The van der Waals surface area contributed by atoms with Crippen LogP contribution in [0.3, 0.4) is 0 Å². The molecule has 0 fully saturated rings. The number of benzene rings is 2. The number of para-hydroxylation sites is 1. The summed E-state index contributed by atoms with van der Waals surface area (Å²) in [7, 11) is 0. The van der Waals surface area contributed by atoms with Gasteiger partial charge in [-0.3, -0.25) is 0 Å². The number of anilines is 1. The second kappa shape index (κ2) is 5.87. The van der Waals surface area contributed by atoms with Gasteiger partial charge in [-0.15, -0.1) is 0 Å². The molecule has 0 aliphatic carbocycles. The number of nitrogens with zero attached hydrogens (tertiary/aromatic N) is 1. The van der Waals surface area contributed by atoms with Crippen LogP contribution >= 0.6 is 0 Å². The van der Waals surface area contributed by atoms with Crippen molar-refractivity contribution >= 4 is 17.2 Å². The van der Waals surface area contributed by atoms with E-state index in [9.17, 15) is 13.2 Å². The van der Waals surface area contributed by atoms with Crippen LogP contribution in [0.4, 0.5) is 24.5 Å². The Balaban J connectivity index is 2.27. The van der Waals surface area contributed by atoms with Crippen LogP contribution in [-0.4, -0.2) is 12.0 Å². The van der Waals surface area contributed by atoms with Crippen LogP contribution in [0.25, 0.3) is 0 Å². The number of nitrogen functional groups attached to an aromatic ring is 1. The van der Waals surface area contributed by atoms with E-state index in [-0.39, 0.29) is 17.1 Å². The Bertz CT molecular complexity index is 649. The van der Waals surface area contributed by atoms with Crippen molar-refractivity contribution in [3.8, 4) is 0 Å². The number of halogens is 3. The van der Waals surface area contributed by atoms with Gasteiger partial charge in [-0.1, -0.05) is 24.3 Å². The molecule has 2 aromatic rings. The van der Waals surface area contributed by atoms with Gasteiger partial charge in [0.15, 0.2) is 0 Å². The smallest absolute Gasteiger partial charge is 0.393 e. The maximum atomic E-state index is 12.3. The van der Waals surface area contributed by atoms with Crippen LogP contribution in [0, 0.1) is 0 Å². The van der Waals surface area contributed by atoms with Crippen molar-refractivity contribution in [2.45, 2.75) is 12.6 Å². The second-order valence-corrected chi connectivity index (χ2v) is 4.55. The maximum absolute atomic E-state index is 12.3. The average Bonchev–Trinajstić information content (AvgIpc) is 2.37. The minimum absolute atomic E-state index is 0.0938. The van der Waals surface area contributed by atoms with Gasteiger partial charge in [-0.2, -0.15) is 13.2 Å². The standard InChI is InChI=1S/C15H14F3N3/c16-15(17,18)9-10-6-7-12(13(19)8-10)14(20)21-11-4-2-1-3-5-11/h1-8H,9,19H2,(H2,20,21). The van der Waals surface area contributed by atoms with Gasteiger partial charge in [-0.05, 0) is 29.8 Å². The molecule has 0 radical (unpaired) electrons. The molecule has 2 rings (SSSR count). The fourth-order valence-electron chi connectivity index (χ4n) is 1.89. The van der Waals surface area contributed by atoms with Gasteiger partial charge in [0.25, 0.3) is 0 Å². The molecule has 0 heterocycles. The van der Waals surface area contributed by atoms with Crippen LogP contribution in [0.1, 0.15) is 11.1 Å². The lowest BCUT2D eigenvalue weighted by Gasteiger charge is -2.10. The van der Waals surface area contributed by atoms with Gasteiger partial charge >= 0.3 is 6.18 Å². The molecule has 6 heteroatoms. The molecule has 0 atom stereocenters. The second-order valence-electron chi connectivity index (χ2n) is 4.55. The third kappa shape index (κ3) is 4.24. The Labute approximate surface area is 120 Å². The fourth-order valence-corrected chi connectivity index (χ4v) is 1.89. The number of hydrogen-bond donors (Lipinski definition) is 2. The quantitative estimate of drug-likeness (QED) is 0.517. The van der Waals surface area contributed by atoms with Crippen LogP contribution in [-0.2, 0) is 6.42 Å². The molecule has 0 aliphatic rings. The summed E-state index contributed by atoms with van der Waals surface area (Å²) in [6.07, 6.45) is -5.29. The van der Waals surface area contributed by atoms with Crippen molar-refractivity contribution in [2.24, 2.45) is 10.7 Å². The van der Waals surface area contributed by atoms with Gasteiger partial charge in [0.05, 0.1) is 12.1 Å². The summed E-state index contributed by atoms with van der Waals surface area (Å²) in [6.45, 7) is 0. The molecular formula is C15H14F3N3. The number of rotatable bonds is 3. The van der Waals surface area contributed by atoms with Crippen LogP contribution in [0.5, 0.6) is 0 Å². The maximum Gasteiger partial charge on any atom is 0.393 e. The van der Waals surface area contributed by atoms with E-state index in [1.165, 1.54) is 18.2 Å². The summed E-state index contributed by atoms with van der Waals surface area (Å²) in [5.41, 5.74) is 13.0. The fraction of sp³-hybridized carbons (Fsp3) is 0.133. The first kappa shape index (κ1) is 14.9. The molecule has 0 aliphatic heterocycles. The zero-order valence-corrected chi connectivity index (χ0v) is 11.1. The monoisotopic (exact) mass is 293 g/mol. The zero-order chi connectivity index (χ0) is 15.5. The Morgan fingerprint density at radius 3 is 2.29 bits per heavy atom. The molecule has 0 bridgehead atoms. The topological polar surface area (TPSA) is 64.4 Å². The van der Waals surface area contributed by atoms with Gasteiger partial charge in [0.2, 0.25) is 0 Å². The number of nitrogens with two attached hydrogens (primary N) is 2. The molecule has 21 heavy (non-hydrogen) atoms. The largest absolute Gasteiger partial charge is 0.398 e. The van der Waals surface area contributed by atoms with E-state index in [4.69, 9.17) is 11.5 Å². The predicted molar refractivity (Wildman–Crippen MR) is 77.4 cm³/mol. The summed E-state index contributed by atoms with van der Waals surface area (Å²) < 4.78 is 37.0. The van der Waals surface area contributed by atoms with Gasteiger partial charge in [0, 0.05) is 11.3 Å². The number of amidine groups is 1. The molecular weight excluding hydrogens is 279 g/mol. The minimum atomic E-state index is -4.27. The highest BCUT2D eigenvalue weighted by molar-refractivity contribution is 6.03. The van der Waals surface area contributed by atoms with Crippen LogP contribution < -0.4 is 11.5 Å². The Morgan fingerprint density at radius 2 is 1.71 bits per heavy atom. The lowest BCUT2D eigenvalue weighted by atomic mass is 10.1. The molecule has 2 aromatic carbocycles. The first-order valence-electron chi connectivity index (χ1n) is 6.20. The third-order valence-corrected chi connectivity index (χ3v) is 2.80. The van der Waals surface area contributed by atoms with Crippen molar-refractivity contribution in [3.05, 3.63) is 59.7 Å². The molecule has 0 saturated heterocycles. The summed E-state index contributed by atoms with van der Waals surface area (Å²) >= 11 is 0. The molecule has 0 spiro atoms. The van der Waals surface area contributed by atoms with Crippen LogP contribution in [0.2, 0.25) is 0 Å². The van der Waals surface area contributed by atoms with E-state index >= 15 is 0 Å². The van der Waals surface area contributed by atoms with E-state index in [2.05, 4.69) is 4.99 Å². The molecule has 4 N–H and O–H groups in total. The van der Waals surface area contributed by atoms with E-state index in [0.717, 1.165) is 0 Å². The van der Waals surface area contributed by atoms with E-state index in [1.54, 1.807) is 12.1 Å². The lowest BCUT2D eigenvalue weighted by molar-refractivity contribution is -0.127. The zero-order valence-electron chi connectivity index (χ0n) is 11.1. The number of aliphatic imine (C=N–C) groups is 1. The number of hydrogen-bond acceptors (Lipinski definition) is 2. The molecule has 110 valence electrons. The van der Waals surface area contributed by atoms with E-state index < -0.39 is 12.6 Å². The third-order valence-electron chi connectivity index (χ3n) is 2.80. The van der Waals surface area contributed by atoms with E-state index in [0.29, 0.717) is 11.3 Å². The number of alkyl halides is 3. The van der Waals surface area contributed by atoms with Crippen molar-refractivity contribution in [3.63, 3.8) is 0 Å². The molecule has 0 saturated carbocycles. The SMILES string of the molecule is NC(=Nc1ccccc1)c1ccc(CC(F)(F)F)cc1N. The highest BCUT2D eigenvalue weighted by Gasteiger charge is 2.27. The first-order chi connectivity index (χ1) is 9.85. The summed E-state index contributed by atoms with van der Waals surface area (Å²) in [6, 6.07) is 13.1. The van der Waals surface area contributed by atoms with Crippen molar-refractivity contribution in [1.29, 1.82) is 0 Å². The minimum Gasteiger partial charge on any atom is -0.398 e. The van der Waals surface area contributed by atoms with Crippen molar-refractivity contribution in [1.82, 2.24) is 0 Å².